The third-order valence-corrected chi connectivity index (χ3v) is 4.36. The van der Waals surface area contributed by atoms with Crippen molar-refractivity contribution in [1.29, 1.82) is 0 Å². The Balaban J connectivity index is 2.05. The van der Waals surface area contributed by atoms with Crippen LogP contribution in [0.15, 0.2) is 18.2 Å². The molecule has 18 heavy (non-hydrogen) atoms. The van der Waals surface area contributed by atoms with E-state index in [1.807, 2.05) is 6.07 Å². The van der Waals surface area contributed by atoms with Gasteiger partial charge in [0.05, 0.1) is 0 Å². The average molecular weight is 248 g/mol. The first kappa shape index (κ1) is 12.0. The lowest BCUT2D eigenvalue weighted by Gasteiger charge is -2.31. The Kier molecular flexibility index (Phi) is 3.02. The highest BCUT2D eigenvalue weighted by molar-refractivity contribution is 5.58. The minimum Gasteiger partial charge on any atom is -0.371 e. The van der Waals surface area contributed by atoms with E-state index in [9.17, 15) is 4.39 Å². The van der Waals surface area contributed by atoms with Gasteiger partial charge in [-0.25, -0.2) is 4.39 Å². The Bertz CT molecular complexity index is 432. The topological polar surface area (TPSA) is 15.3 Å². The fourth-order valence-electron chi connectivity index (χ4n) is 3.39. The van der Waals surface area contributed by atoms with E-state index < -0.39 is 0 Å². The molecule has 2 aliphatic heterocycles. The maximum Gasteiger partial charge on any atom is 0.130 e. The molecule has 0 aliphatic carbocycles. The molecule has 1 aromatic rings. The molecule has 0 amide bonds. The van der Waals surface area contributed by atoms with E-state index in [0.717, 1.165) is 43.7 Å². The molecule has 1 atom stereocenters. The molecule has 2 saturated heterocycles. The van der Waals surface area contributed by atoms with Crippen molar-refractivity contribution in [3.63, 3.8) is 0 Å². The zero-order chi connectivity index (χ0) is 12.6. The molecule has 1 unspecified atom stereocenters. The summed E-state index contributed by atoms with van der Waals surface area (Å²) >= 11 is 0. The predicted molar refractivity (Wildman–Crippen MR) is 72.4 cm³/mol. The van der Waals surface area contributed by atoms with E-state index in [2.05, 4.69) is 23.2 Å². The molecular weight excluding hydrogens is 227 g/mol. The van der Waals surface area contributed by atoms with E-state index >= 15 is 0 Å². The molecule has 2 nitrogen and oxygen atoms in total. The van der Waals surface area contributed by atoms with Gasteiger partial charge in [-0.3, -0.25) is 0 Å². The highest BCUT2D eigenvalue weighted by Gasteiger charge is 2.36. The third-order valence-electron chi connectivity index (χ3n) is 4.36. The van der Waals surface area contributed by atoms with E-state index in [4.69, 9.17) is 0 Å². The number of benzene rings is 1. The number of rotatable bonds is 2. The fourth-order valence-corrected chi connectivity index (χ4v) is 3.39. The number of hydrogen-bond acceptors (Lipinski definition) is 2. The summed E-state index contributed by atoms with van der Waals surface area (Å²) in [6.07, 6.45) is 4.60. The van der Waals surface area contributed by atoms with Crippen LogP contribution in [-0.4, -0.2) is 19.6 Å². The van der Waals surface area contributed by atoms with Crippen LogP contribution in [0.2, 0.25) is 0 Å². The molecule has 2 aliphatic rings. The van der Waals surface area contributed by atoms with Crippen LogP contribution in [0.25, 0.3) is 0 Å². The Labute approximate surface area is 108 Å². The molecule has 2 fully saturated rings. The number of anilines is 1. The van der Waals surface area contributed by atoms with Gasteiger partial charge in [0.15, 0.2) is 0 Å². The summed E-state index contributed by atoms with van der Waals surface area (Å²) in [7, 11) is 0. The van der Waals surface area contributed by atoms with Crippen LogP contribution in [0.1, 0.15) is 38.2 Å². The van der Waals surface area contributed by atoms with Gasteiger partial charge in [0.1, 0.15) is 5.82 Å². The van der Waals surface area contributed by atoms with Crippen molar-refractivity contribution in [2.45, 2.75) is 38.1 Å². The minimum atomic E-state index is -0.191. The molecule has 0 saturated carbocycles. The zero-order valence-corrected chi connectivity index (χ0v) is 11.0. The van der Waals surface area contributed by atoms with Crippen LogP contribution in [0.3, 0.4) is 0 Å². The minimum absolute atomic E-state index is 0.0590. The van der Waals surface area contributed by atoms with Crippen molar-refractivity contribution in [2.24, 2.45) is 0 Å². The van der Waals surface area contributed by atoms with Crippen molar-refractivity contribution in [3.05, 3.63) is 29.6 Å². The lowest BCUT2D eigenvalue weighted by atomic mass is 9.88. The predicted octanol–water partition coefficient (Wildman–Crippen LogP) is 3.02. The van der Waals surface area contributed by atoms with Crippen LogP contribution in [0.4, 0.5) is 10.1 Å². The van der Waals surface area contributed by atoms with Crippen molar-refractivity contribution < 1.29 is 4.39 Å². The van der Waals surface area contributed by atoms with E-state index in [0.29, 0.717) is 0 Å². The molecule has 98 valence electrons. The SMILES string of the molecule is CC1(c2c(F)cccc2N2CCCC2)CCCN1. The monoisotopic (exact) mass is 248 g/mol. The van der Waals surface area contributed by atoms with Crippen LogP contribution in [-0.2, 0) is 5.54 Å². The summed E-state index contributed by atoms with van der Waals surface area (Å²) in [4.78, 5) is 2.34. The normalized spacial score (nSPS) is 28.0. The van der Waals surface area contributed by atoms with Crippen LogP contribution >= 0.6 is 0 Å². The quantitative estimate of drug-likeness (QED) is 0.865. The standard InChI is InChI=1S/C15H21FN2/c1-15(8-5-9-17-15)14-12(16)6-4-7-13(14)18-10-2-3-11-18/h4,6-7,17H,2-3,5,8-11H2,1H3. The maximum absolute atomic E-state index is 14.3. The third kappa shape index (κ3) is 1.91. The lowest BCUT2D eigenvalue weighted by molar-refractivity contribution is 0.411. The van der Waals surface area contributed by atoms with Crippen molar-refractivity contribution in [3.8, 4) is 0 Å². The molecule has 3 heteroatoms. The molecule has 0 bridgehead atoms. The van der Waals surface area contributed by atoms with Gasteiger partial charge in [0.25, 0.3) is 0 Å². The molecule has 3 rings (SSSR count). The summed E-state index contributed by atoms with van der Waals surface area (Å²) in [6, 6.07) is 5.51. The Morgan fingerprint density at radius 3 is 2.67 bits per heavy atom. The van der Waals surface area contributed by atoms with Gasteiger partial charge in [-0.2, -0.15) is 0 Å². The average Bonchev–Trinajstić information content (AvgIpc) is 3.00. The molecular formula is C15H21FN2. The fraction of sp³-hybridized carbons (Fsp3) is 0.600. The first-order valence-electron chi connectivity index (χ1n) is 7.00. The van der Waals surface area contributed by atoms with Crippen LogP contribution < -0.4 is 10.2 Å². The second-order valence-electron chi connectivity index (χ2n) is 5.69. The second-order valence-corrected chi connectivity index (χ2v) is 5.69. The highest BCUT2D eigenvalue weighted by atomic mass is 19.1. The van der Waals surface area contributed by atoms with E-state index in [-0.39, 0.29) is 11.4 Å². The Morgan fingerprint density at radius 2 is 2.00 bits per heavy atom. The summed E-state index contributed by atoms with van der Waals surface area (Å²) in [5.74, 6) is -0.0590. The smallest absolute Gasteiger partial charge is 0.130 e. The summed E-state index contributed by atoms with van der Waals surface area (Å²) in [6.45, 7) is 5.25. The van der Waals surface area contributed by atoms with Crippen LogP contribution in [0, 0.1) is 5.82 Å². The summed E-state index contributed by atoms with van der Waals surface area (Å²) in [5, 5.41) is 3.49. The molecule has 1 N–H and O–H groups in total. The highest BCUT2D eigenvalue weighted by Crippen LogP contribution is 2.39. The molecule has 0 aromatic heterocycles. The molecule has 1 aromatic carbocycles. The lowest BCUT2D eigenvalue weighted by Crippen LogP contribution is -2.36. The van der Waals surface area contributed by atoms with E-state index in [1.54, 1.807) is 6.07 Å². The number of halogens is 1. The van der Waals surface area contributed by atoms with Gasteiger partial charge >= 0.3 is 0 Å². The van der Waals surface area contributed by atoms with Crippen molar-refractivity contribution >= 4 is 5.69 Å². The van der Waals surface area contributed by atoms with Gasteiger partial charge in [0.2, 0.25) is 0 Å². The maximum atomic E-state index is 14.3. The summed E-state index contributed by atoms with van der Waals surface area (Å²) < 4.78 is 14.3. The molecule has 0 radical (unpaired) electrons. The first-order valence-corrected chi connectivity index (χ1v) is 7.00. The summed E-state index contributed by atoms with van der Waals surface area (Å²) in [5.41, 5.74) is 1.79. The Hall–Kier alpha value is -1.09. The first-order chi connectivity index (χ1) is 8.71. The van der Waals surface area contributed by atoms with Crippen LogP contribution in [0.5, 0.6) is 0 Å². The molecule has 2 heterocycles. The number of hydrogen-bond donors (Lipinski definition) is 1. The van der Waals surface area contributed by atoms with Crippen molar-refractivity contribution in [2.75, 3.05) is 24.5 Å². The second kappa shape index (κ2) is 4.54. The number of nitrogens with one attached hydrogen (secondary N) is 1. The van der Waals surface area contributed by atoms with Gasteiger partial charge in [-0.1, -0.05) is 6.07 Å². The zero-order valence-electron chi connectivity index (χ0n) is 11.0. The van der Waals surface area contributed by atoms with E-state index in [1.165, 1.54) is 12.8 Å². The number of nitrogens with zero attached hydrogens (tertiary/aromatic N) is 1. The van der Waals surface area contributed by atoms with Gasteiger partial charge in [-0.05, 0) is 51.3 Å². The largest absolute Gasteiger partial charge is 0.371 e. The van der Waals surface area contributed by atoms with Gasteiger partial charge < -0.3 is 10.2 Å². The van der Waals surface area contributed by atoms with Gasteiger partial charge in [0, 0.05) is 29.9 Å². The molecule has 0 spiro atoms. The van der Waals surface area contributed by atoms with Crippen molar-refractivity contribution in [1.82, 2.24) is 5.32 Å². The Morgan fingerprint density at radius 1 is 1.22 bits per heavy atom. The van der Waals surface area contributed by atoms with Gasteiger partial charge in [-0.15, -0.1) is 0 Å².